The maximum atomic E-state index is 10.3. The molecule has 0 unspecified atom stereocenters. The Morgan fingerprint density at radius 1 is 0.778 bits per heavy atom. The molecule has 0 amide bonds. The first kappa shape index (κ1) is 36.0. The molecule has 18 heavy (non-hydrogen) atoms. The summed E-state index contributed by atoms with van der Waals surface area (Å²) in [6, 6.07) is 0. The van der Waals surface area contributed by atoms with Gasteiger partial charge < -0.3 is 42.3 Å². The van der Waals surface area contributed by atoms with Crippen LogP contribution in [0.15, 0.2) is 0 Å². The number of aliphatic hydroxyl groups is 1. The molecule has 0 saturated carbocycles. The van der Waals surface area contributed by atoms with E-state index in [9.17, 15) is 14.4 Å². The maximum absolute atomic E-state index is 10.3. The van der Waals surface area contributed by atoms with Gasteiger partial charge in [0.15, 0.2) is 5.60 Å². The Labute approximate surface area is 112 Å². The van der Waals surface area contributed by atoms with Crippen molar-refractivity contribution >= 4 is 36.8 Å². The average Bonchev–Trinajstić information content (AvgIpc) is 1.82. The van der Waals surface area contributed by atoms with Gasteiger partial charge in [0.1, 0.15) is 0 Å². The van der Waals surface area contributed by atoms with Crippen molar-refractivity contribution in [1.29, 1.82) is 0 Å². The summed E-state index contributed by atoms with van der Waals surface area (Å²) in [4.78, 5) is 30.5. The normalized spacial score (nSPS) is 7.83. The number of carboxylic acids is 3. The SMILES string of the molecule is O.O.O.O.O=C(O)CC(O)(CC(=O)O)C(=O)O.[LiH]. The summed E-state index contributed by atoms with van der Waals surface area (Å²) >= 11 is 0. The quantitative estimate of drug-likeness (QED) is 0.353. The van der Waals surface area contributed by atoms with Crippen molar-refractivity contribution in [3.05, 3.63) is 0 Å². The third-order valence-electron chi connectivity index (χ3n) is 1.29. The predicted octanol–water partition coefficient (Wildman–Crippen LogP) is -5.20. The van der Waals surface area contributed by atoms with E-state index in [1.54, 1.807) is 0 Å². The molecular weight excluding hydrogens is 255 g/mol. The first-order valence-corrected chi connectivity index (χ1v) is 3.17. The molecule has 0 aliphatic carbocycles. The summed E-state index contributed by atoms with van der Waals surface area (Å²) in [5, 5.41) is 33.8. The van der Waals surface area contributed by atoms with E-state index in [0.29, 0.717) is 0 Å². The van der Waals surface area contributed by atoms with Gasteiger partial charge in [-0.25, -0.2) is 4.79 Å². The van der Waals surface area contributed by atoms with Crippen LogP contribution in [-0.4, -0.2) is 84.7 Å². The predicted molar refractivity (Wildman–Crippen MR) is 58.7 cm³/mol. The number of hydrogen-bond acceptors (Lipinski definition) is 4. The number of carboxylic acid groups (broad SMARTS) is 3. The van der Waals surface area contributed by atoms with Gasteiger partial charge in [-0.2, -0.15) is 0 Å². The van der Waals surface area contributed by atoms with Gasteiger partial charge in [-0.3, -0.25) is 9.59 Å². The van der Waals surface area contributed by atoms with Crippen LogP contribution in [0, 0.1) is 0 Å². The molecule has 0 fully saturated rings. The van der Waals surface area contributed by atoms with Crippen molar-refractivity contribution in [1.82, 2.24) is 0 Å². The zero-order chi connectivity index (χ0) is 10.6. The molecular formula is C6H17LiO11. The Morgan fingerprint density at radius 3 is 1.11 bits per heavy atom. The molecule has 12 heteroatoms. The standard InChI is InChI=1S/C6H8O7.Li.4H2O.H/c7-3(8)1-6(13,5(11)12)2-4(9)10;;;;;;/h13H,1-2H2,(H,7,8)(H,9,10)(H,11,12);;4*1H2;. The Bertz CT molecular complexity index is 236. The summed E-state index contributed by atoms with van der Waals surface area (Å²) in [6.07, 6.45) is -2.29. The van der Waals surface area contributed by atoms with Crippen LogP contribution in [0.5, 0.6) is 0 Å². The molecule has 11 nitrogen and oxygen atoms in total. The summed E-state index contributed by atoms with van der Waals surface area (Å²) in [5.74, 6) is -5.02. The zero-order valence-electron chi connectivity index (χ0n) is 8.43. The van der Waals surface area contributed by atoms with Gasteiger partial charge >= 0.3 is 36.8 Å². The van der Waals surface area contributed by atoms with E-state index < -0.39 is 36.4 Å². The first-order valence-electron chi connectivity index (χ1n) is 3.17. The zero-order valence-corrected chi connectivity index (χ0v) is 8.43. The van der Waals surface area contributed by atoms with E-state index in [1.165, 1.54) is 0 Å². The van der Waals surface area contributed by atoms with Crippen LogP contribution >= 0.6 is 0 Å². The second-order valence-corrected chi connectivity index (χ2v) is 2.48. The summed E-state index contributed by atoms with van der Waals surface area (Å²) in [7, 11) is 0. The second kappa shape index (κ2) is 13.9. The van der Waals surface area contributed by atoms with E-state index in [0.717, 1.165) is 0 Å². The van der Waals surface area contributed by atoms with E-state index in [1.807, 2.05) is 0 Å². The molecule has 0 aromatic heterocycles. The molecule has 0 heterocycles. The van der Waals surface area contributed by atoms with Crippen molar-refractivity contribution in [2.75, 3.05) is 0 Å². The molecule has 0 aliphatic heterocycles. The fourth-order valence-corrected chi connectivity index (χ4v) is 0.714. The molecule has 12 N–H and O–H groups in total. The second-order valence-electron chi connectivity index (χ2n) is 2.48. The summed E-state index contributed by atoms with van der Waals surface area (Å²) in [5.41, 5.74) is -2.74. The minimum atomic E-state index is -2.74. The Balaban J connectivity index is -0.0000000720. The summed E-state index contributed by atoms with van der Waals surface area (Å²) in [6.45, 7) is 0. The fourth-order valence-electron chi connectivity index (χ4n) is 0.714. The van der Waals surface area contributed by atoms with Gasteiger partial charge in [0.2, 0.25) is 0 Å². The molecule has 0 aromatic carbocycles. The Morgan fingerprint density at radius 2 is 1.00 bits per heavy atom. The van der Waals surface area contributed by atoms with Gasteiger partial charge in [0.05, 0.1) is 12.8 Å². The van der Waals surface area contributed by atoms with Gasteiger partial charge in [-0.1, -0.05) is 0 Å². The Kier molecular flexibility index (Phi) is 27.7. The van der Waals surface area contributed by atoms with Crippen molar-refractivity contribution < 1.29 is 56.7 Å². The molecule has 0 atom stereocenters. The van der Waals surface area contributed by atoms with Crippen LogP contribution < -0.4 is 0 Å². The van der Waals surface area contributed by atoms with Crippen molar-refractivity contribution in [2.24, 2.45) is 0 Å². The molecule has 0 saturated heterocycles. The molecule has 0 radical (unpaired) electrons. The minimum absolute atomic E-state index is 0. The van der Waals surface area contributed by atoms with Crippen molar-refractivity contribution in [2.45, 2.75) is 18.4 Å². The van der Waals surface area contributed by atoms with Crippen LogP contribution in [0.3, 0.4) is 0 Å². The molecule has 108 valence electrons. The van der Waals surface area contributed by atoms with Gasteiger partial charge in [-0.15, -0.1) is 0 Å². The van der Waals surface area contributed by atoms with E-state index in [-0.39, 0.29) is 40.8 Å². The van der Waals surface area contributed by atoms with Gasteiger partial charge in [0.25, 0.3) is 0 Å². The third kappa shape index (κ3) is 12.9. The van der Waals surface area contributed by atoms with Crippen LogP contribution in [-0.2, 0) is 14.4 Å². The molecule has 0 rings (SSSR count). The van der Waals surface area contributed by atoms with E-state index in [2.05, 4.69) is 0 Å². The van der Waals surface area contributed by atoms with E-state index in [4.69, 9.17) is 20.4 Å². The van der Waals surface area contributed by atoms with Crippen LogP contribution in [0.4, 0.5) is 0 Å². The van der Waals surface area contributed by atoms with Crippen molar-refractivity contribution in [3.8, 4) is 0 Å². The molecule has 0 aromatic rings. The molecule has 0 bridgehead atoms. The number of rotatable bonds is 5. The topological polar surface area (TPSA) is 258 Å². The molecule has 0 spiro atoms. The fraction of sp³-hybridized carbons (Fsp3) is 0.500. The number of carbonyl (C=O) groups is 3. The van der Waals surface area contributed by atoms with Crippen LogP contribution in [0.2, 0.25) is 0 Å². The van der Waals surface area contributed by atoms with Crippen LogP contribution in [0.1, 0.15) is 12.8 Å². The summed E-state index contributed by atoms with van der Waals surface area (Å²) < 4.78 is 0. The third-order valence-corrected chi connectivity index (χ3v) is 1.29. The van der Waals surface area contributed by atoms with Crippen molar-refractivity contribution in [3.63, 3.8) is 0 Å². The van der Waals surface area contributed by atoms with Gasteiger partial charge in [-0.05, 0) is 0 Å². The monoisotopic (exact) mass is 272 g/mol. The first-order chi connectivity index (χ1) is 5.78. The molecule has 0 aliphatic rings. The van der Waals surface area contributed by atoms with Crippen LogP contribution in [0.25, 0.3) is 0 Å². The van der Waals surface area contributed by atoms with Gasteiger partial charge in [0, 0.05) is 0 Å². The number of aliphatic carboxylic acids is 3. The average molecular weight is 272 g/mol. The number of hydrogen-bond donors (Lipinski definition) is 4. The Hall–Kier alpha value is -1.19. The van der Waals surface area contributed by atoms with E-state index >= 15 is 0 Å².